The first-order chi connectivity index (χ1) is 6.19. The largest absolute Gasteiger partial charge is 0.302 e. The number of hydrogen-bond donors (Lipinski definition) is 0. The monoisotopic (exact) mass is 174 g/mol. The van der Waals surface area contributed by atoms with Crippen LogP contribution in [0.1, 0.15) is 29.5 Å². The molecule has 0 heterocycles. The summed E-state index contributed by atoms with van der Waals surface area (Å²) in [5.74, 6) is 0. The number of rotatable bonds is 2. The minimum Gasteiger partial charge on any atom is -0.302 e. The lowest BCUT2D eigenvalue weighted by Gasteiger charge is -2.14. The number of benzene rings is 1. The molecule has 0 aromatic heterocycles. The number of hydrogen-bond acceptors (Lipinski definition) is 1. The highest BCUT2D eigenvalue weighted by Crippen LogP contribution is 2.48. The molecule has 0 unspecified atom stereocenters. The van der Waals surface area contributed by atoms with Crippen molar-refractivity contribution in [3.8, 4) is 0 Å². The third kappa shape index (κ3) is 1.19. The van der Waals surface area contributed by atoms with E-state index in [0.29, 0.717) is 0 Å². The zero-order valence-electron chi connectivity index (χ0n) is 8.13. The zero-order chi connectivity index (χ0) is 9.47. The average molecular weight is 174 g/mol. The molecule has 1 fully saturated rings. The molecule has 68 valence electrons. The molecular formula is C12H14O. The second-order valence-corrected chi connectivity index (χ2v) is 4.04. The SMILES string of the molecule is Cc1cccc(C)c1C1(C=O)CC1. The number of aldehydes is 1. The Labute approximate surface area is 78.8 Å². The Morgan fingerprint density at radius 3 is 2.15 bits per heavy atom. The van der Waals surface area contributed by atoms with Gasteiger partial charge in [-0.05, 0) is 43.4 Å². The highest BCUT2D eigenvalue weighted by atomic mass is 16.1. The highest BCUT2D eigenvalue weighted by Gasteiger charge is 2.45. The molecule has 0 atom stereocenters. The summed E-state index contributed by atoms with van der Waals surface area (Å²) < 4.78 is 0. The first-order valence-electron chi connectivity index (χ1n) is 4.73. The number of carbonyl (C=O) groups excluding carboxylic acids is 1. The summed E-state index contributed by atoms with van der Waals surface area (Å²) in [6.45, 7) is 4.18. The summed E-state index contributed by atoms with van der Waals surface area (Å²) >= 11 is 0. The van der Waals surface area contributed by atoms with Crippen LogP contribution in [0.2, 0.25) is 0 Å². The van der Waals surface area contributed by atoms with Crippen molar-refractivity contribution in [2.75, 3.05) is 0 Å². The molecule has 2 rings (SSSR count). The van der Waals surface area contributed by atoms with Crippen molar-refractivity contribution < 1.29 is 4.79 Å². The standard InChI is InChI=1S/C12H14O/c1-9-4-3-5-10(2)11(9)12(8-13)6-7-12/h3-5,8H,6-7H2,1-2H3. The topological polar surface area (TPSA) is 17.1 Å². The van der Waals surface area contributed by atoms with Crippen molar-refractivity contribution in [2.24, 2.45) is 0 Å². The fraction of sp³-hybridized carbons (Fsp3) is 0.417. The van der Waals surface area contributed by atoms with Gasteiger partial charge < -0.3 is 4.79 Å². The molecule has 0 aliphatic heterocycles. The Balaban J connectivity index is 2.56. The van der Waals surface area contributed by atoms with Crippen molar-refractivity contribution in [1.29, 1.82) is 0 Å². The normalized spacial score (nSPS) is 18.3. The summed E-state index contributed by atoms with van der Waals surface area (Å²) in [5, 5.41) is 0. The molecule has 0 N–H and O–H groups in total. The fourth-order valence-corrected chi connectivity index (χ4v) is 2.16. The Bertz CT molecular complexity index is 328. The number of aryl methyl sites for hydroxylation is 2. The van der Waals surface area contributed by atoms with Gasteiger partial charge in [0.25, 0.3) is 0 Å². The van der Waals surface area contributed by atoms with Crippen molar-refractivity contribution in [2.45, 2.75) is 32.1 Å². The predicted octanol–water partition coefficient (Wildman–Crippen LogP) is 2.53. The quantitative estimate of drug-likeness (QED) is 0.630. The summed E-state index contributed by atoms with van der Waals surface area (Å²) in [6.07, 6.45) is 3.19. The van der Waals surface area contributed by atoms with E-state index in [1.165, 1.54) is 16.7 Å². The maximum absolute atomic E-state index is 11.0. The van der Waals surface area contributed by atoms with E-state index in [1.54, 1.807) is 0 Å². The molecule has 1 heteroatoms. The Morgan fingerprint density at radius 1 is 1.23 bits per heavy atom. The van der Waals surface area contributed by atoms with Gasteiger partial charge >= 0.3 is 0 Å². The third-order valence-corrected chi connectivity index (χ3v) is 2.99. The Kier molecular flexibility index (Phi) is 1.76. The maximum Gasteiger partial charge on any atom is 0.130 e. The van der Waals surface area contributed by atoms with Gasteiger partial charge in [0.1, 0.15) is 6.29 Å². The Hall–Kier alpha value is -1.11. The second-order valence-electron chi connectivity index (χ2n) is 4.04. The van der Waals surface area contributed by atoms with Gasteiger partial charge in [-0.2, -0.15) is 0 Å². The molecule has 1 aliphatic rings. The molecule has 0 bridgehead atoms. The lowest BCUT2D eigenvalue weighted by Crippen LogP contribution is -2.11. The van der Waals surface area contributed by atoms with E-state index >= 15 is 0 Å². The van der Waals surface area contributed by atoms with Gasteiger partial charge in [-0.15, -0.1) is 0 Å². The molecular weight excluding hydrogens is 160 g/mol. The summed E-state index contributed by atoms with van der Waals surface area (Å²) in [5.41, 5.74) is 3.66. The van der Waals surface area contributed by atoms with Crippen LogP contribution in [0.3, 0.4) is 0 Å². The molecule has 13 heavy (non-hydrogen) atoms. The highest BCUT2D eigenvalue weighted by molar-refractivity contribution is 5.75. The van der Waals surface area contributed by atoms with Gasteiger partial charge in [-0.1, -0.05) is 18.2 Å². The predicted molar refractivity (Wildman–Crippen MR) is 52.9 cm³/mol. The van der Waals surface area contributed by atoms with Gasteiger partial charge in [-0.25, -0.2) is 0 Å². The van der Waals surface area contributed by atoms with E-state index in [1.807, 2.05) is 0 Å². The van der Waals surface area contributed by atoms with Gasteiger partial charge in [0.15, 0.2) is 0 Å². The average Bonchev–Trinajstić information content (AvgIpc) is 2.85. The van der Waals surface area contributed by atoms with E-state index < -0.39 is 0 Å². The van der Waals surface area contributed by atoms with Crippen LogP contribution in [-0.4, -0.2) is 6.29 Å². The van der Waals surface area contributed by atoms with Crippen LogP contribution >= 0.6 is 0 Å². The van der Waals surface area contributed by atoms with E-state index in [2.05, 4.69) is 32.0 Å². The van der Waals surface area contributed by atoms with Crippen LogP contribution in [0.25, 0.3) is 0 Å². The van der Waals surface area contributed by atoms with Crippen LogP contribution in [0.5, 0.6) is 0 Å². The molecule has 0 radical (unpaired) electrons. The van der Waals surface area contributed by atoms with Gasteiger partial charge in [-0.3, -0.25) is 0 Å². The molecule has 0 spiro atoms. The molecule has 0 amide bonds. The van der Waals surface area contributed by atoms with Crippen molar-refractivity contribution in [1.82, 2.24) is 0 Å². The molecule has 0 saturated heterocycles. The van der Waals surface area contributed by atoms with Crippen molar-refractivity contribution >= 4 is 6.29 Å². The Morgan fingerprint density at radius 2 is 1.77 bits per heavy atom. The first-order valence-corrected chi connectivity index (χ1v) is 4.73. The van der Waals surface area contributed by atoms with Crippen LogP contribution in [0.4, 0.5) is 0 Å². The second kappa shape index (κ2) is 2.69. The molecule has 1 nitrogen and oxygen atoms in total. The van der Waals surface area contributed by atoms with Gasteiger partial charge in [0, 0.05) is 0 Å². The van der Waals surface area contributed by atoms with Crippen LogP contribution in [0.15, 0.2) is 18.2 Å². The molecule has 1 aromatic rings. The minimum atomic E-state index is -0.116. The van der Waals surface area contributed by atoms with Gasteiger partial charge in [0.05, 0.1) is 5.41 Å². The maximum atomic E-state index is 11.0. The summed E-state index contributed by atoms with van der Waals surface area (Å²) in [6, 6.07) is 6.23. The van der Waals surface area contributed by atoms with Crippen LogP contribution in [0, 0.1) is 13.8 Å². The van der Waals surface area contributed by atoms with E-state index in [0.717, 1.165) is 19.1 Å². The lowest BCUT2D eigenvalue weighted by molar-refractivity contribution is -0.109. The van der Waals surface area contributed by atoms with Crippen LogP contribution < -0.4 is 0 Å². The van der Waals surface area contributed by atoms with Crippen molar-refractivity contribution in [3.63, 3.8) is 0 Å². The number of carbonyl (C=O) groups is 1. The fourth-order valence-electron chi connectivity index (χ4n) is 2.16. The first kappa shape index (κ1) is 8.49. The van der Waals surface area contributed by atoms with Crippen LogP contribution in [-0.2, 0) is 10.2 Å². The van der Waals surface area contributed by atoms with E-state index in [9.17, 15) is 4.79 Å². The smallest absolute Gasteiger partial charge is 0.130 e. The third-order valence-electron chi connectivity index (χ3n) is 2.99. The summed E-state index contributed by atoms with van der Waals surface area (Å²) in [4.78, 5) is 11.0. The minimum absolute atomic E-state index is 0.116. The molecule has 1 aliphatic carbocycles. The van der Waals surface area contributed by atoms with E-state index in [-0.39, 0.29) is 5.41 Å². The van der Waals surface area contributed by atoms with Crippen molar-refractivity contribution in [3.05, 3.63) is 34.9 Å². The zero-order valence-corrected chi connectivity index (χ0v) is 8.13. The molecule has 1 saturated carbocycles. The van der Waals surface area contributed by atoms with Gasteiger partial charge in [0.2, 0.25) is 0 Å². The molecule has 1 aromatic carbocycles. The summed E-state index contributed by atoms with van der Waals surface area (Å²) in [7, 11) is 0. The van der Waals surface area contributed by atoms with E-state index in [4.69, 9.17) is 0 Å². The lowest BCUT2D eigenvalue weighted by atomic mass is 9.89.